The van der Waals surface area contributed by atoms with Crippen LogP contribution in [0.4, 0.5) is 0 Å². The van der Waals surface area contributed by atoms with Gasteiger partial charge in [-0.15, -0.1) is 0 Å². The lowest BCUT2D eigenvalue weighted by atomic mass is 10.0. The van der Waals surface area contributed by atoms with Crippen LogP contribution in [-0.4, -0.2) is 44.2 Å². The van der Waals surface area contributed by atoms with Gasteiger partial charge in [0.1, 0.15) is 5.75 Å². The second-order valence-electron chi connectivity index (χ2n) is 7.92. The molecule has 2 aromatic carbocycles. The summed E-state index contributed by atoms with van der Waals surface area (Å²) in [5, 5.41) is 3.12. The standard InChI is InChI=1S/C24H30N2O4/c1-17(19-7-3-4-9-21(19)28-2)25-24(27)16-26-12-5-8-20(26)18-10-11-22-23(15-18)30-14-6-13-29-22/h3-4,7,9-11,15,17,20H,5-6,8,12-14,16H2,1-2H3,(H,25,27)/t17-,20-/m1/s1. The van der Waals surface area contributed by atoms with Crippen LogP contribution in [0.15, 0.2) is 42.5 Å². The zero-order chi connectivity index (χ0) is 20.9. The largest absolute Gasteiger partial charge is 0.496 e. The lowest BCUT2D eigenvalue weighted by molar-refractivity contribution is -0.123. The summed E-state index contributed by atoms with van der Waals surface area (Å²) in [4.78, 5) is 15.1. The molecule has 2 heterocycles. The second kappa shape index (κ2) is 9.39. The molecule has 1 amide bonds. The Labute approximate surface area is 178 Å². The summed E-state index contributed by atoms with van der Waals surface area (Å²) >= 11 is 0. The van der Waals surface area contributed by atoms with Gasteiger partial charge in [0, 0.05) is 18.0 Å². The molecular formula is C24H30N2O4. The van der Waals surface area contributed by atoms with Gasteiger partial charge in [-0.05, 0) is 50.1 Å². The Balaban J connectivity index is 1.41. The van der Waals surface area contributed by atoms with Crippen LogP contribution in [0.25, 0.3) is 0 Å². The van der Waals surface area contributed by atoms with Crippen molar-refractivity contribution in [3.8, 4) is 17.2 Å². The fourth-order valence-electron chi connectivity index (χ4n) is 4.35. The molecular weight excluding hydrogens is 380 g/mol. The van der Waals surface area contributed by atoms with Gasteiger partial charge in [-0.3, -0.25) is 9.69 Å². The number of hydrogen-bond acceptors (Lipinski definition) is 5. The number of para-hydroxylation sites is 1. The van der Waals surface area contributed by atoms with Gasteiger partial charge in [-0.25, -0.2) is 0 Å². The molecule has 0 bridgehead atoms. The number of carbonyl (C=O) groups excluding carboxylic acids is 1. The molecule has 2 aliphatic heterocycles. The van der Waals surface area contributed by atoms with Gasteiger partial charge in [0.25, 0.3) is 0 Å². The molecule has 0 aromatic heterocycles. The van der Waals surface area contributed by atoms with Crippen molar-refractivity contribution < 1.29 is 19.0 Å². The van der Waals surface area contributed by atoms with Gasteiger partial charge in [-0.1, -0.05) is 24.3 Å². The van der Waals surface area contributed by atoms with Crippen molar-refractivity contribution in [3.05, 3.63) is 53.6 Å². The molecule has 30 heavy (non-hydrogen) atoms. The third-order valence-electron chi connectivity index (χ3n) is 5.85. The molecule has 4 rings (SSSR count). The van der Waals surface area contributed by atoms with Gasteiger partial charge in [0.15, 0.2) is 11.5 Å². The first-order chi connectivity index (χ1) is 14.7. The highest BCUT2D eigenvalue weighted by atomic mass is 16.5. The molecule has 1 fully saturated rings. The average molecular weight is 411 g/mol. The number of nitrogens with zero attached hydrogens (tertiary/aromatic N) is 1. The monoisotopic (exact) mass is 410 g/mol. The van der Waals surface area contributed by atoms with E-state index in [0.29, 0.717) is 19.8 Å². The van der Waals surface area contributed by atoms with Crippen molar-refractivity contribution in [2.24, 2.45) is 0 Å². The van der Waals surface area contributed by atoms with Crippen LogP contribution < -0.4 is 19.5 Å². The van der Waals surface area contributed by atoms with Crippen LogP contribution in [0.3, 0.4) is 0 Å². The van der Waals surface area contributed by atoms with E-state index in [2.05, 4.69) is 22.3 Å². The minimum atomic E-state index is -0.118. The summed E-state index contributed by atoms with van der Waals surface area (Å²) in [5.74, 6) is 2.43. The number of hydrogen-bond donors (Lipinski definition) is 1. The number of ether oxygens (including phenoxy) is 3. The fraction of sp³-hybridized carbons (Fsp3) is 0.458. The second-order valence-corrected chi connectivity index (χ2v) is 7.92. The molecule has 2 aromatic rings. The van der Waals surface area contributed by atoms with Crippen molar-refractivity contribution in [3.63, 3.8) is 0 Å². The average Bonchev–Trinajstić information content (AvgIpc) is 3.08. The molecule has 0 unspecified atom stereocenters. The normalized spacial score (nSPS) is 19.7. The number of benzene rings is 2. The van der Waals surface area contributed by atoms with Crippen molar-refractivity contribution in [2.45, 2.75) is 38.3 Å². The molecule has 6 heteroatoms. The quantitative estimate of drug-likeness (QED) is 0.783. The maximum absolute atomic E-state index is 12.8. The Bertz CT molecular complexity index is 885. The Kier molecular flexibility index (Phi) is 6.43. The lowest BCUT2D eigenvalue weighted by Crippen LogP contribution is -2.38. The minimum Gasteiger partial charge on any atom is -0.496 e. The number of methoxy groups -OCH3 is 1. The predicted octanol–water partition coefficient (Wildman–Crippen LogP) is 3.87. The summed E-state index contributed by atoms with van der Waals surface area (Å²) in [6.45, 7) is 4.63. The van der Waals surface area contributed by atoms with Gasteiger partial charge < -0.3 is 19.5 Å². The van der Waals surface area contributed by atoms with Gasteiger partial charge in [-0.2, -0.15) is 0 Å². The third-order valence-corrected chi connectivity index (χ3v) is 5.85. The Morgan fingerprint density at radius 1 is 1.17 bits per heavy atom. The van der Waals surface area contributed by atoms with Crippen molar-refractivity contribution in [2.75, 3.05) is 33.4 Å². The van der Waals surface area contributed by atoms with E-state index in [1.54, 1.807) is 7.11 Å². The van der Waals surface area contributed by atoms with Gasteiger partial charge >= 0.3 is 0 Å². The molecule has 160 valence electrons. The van der Waals surface area contributed by atoms with Gasteiger partial charge in [0.05, 0.1) is 32.9 Å². The smallest absolute Gasteiger partial charge is 0.234 e. The molecule has 2 aliphatic rings. The zero-order valence-electron chi connectivity index (χ0n) is 17.7. The van der Waals surface area contributed by atoms with Crippen LogP contribution in [0.1, 0.15) is 49.4 Å². The highest BCUT2D eigenvalue weighted by Gasteiger charge is 2.29. The van der Waals surface area contributed by atoms with E-state index in [0.717, 1.165) is 48.6 Å². The number of likely N-dealkylation sites (tertiary alicyclic amines) is 1. The van der Waals surface area contributed by atoms with Crippen LogP contribution in [0.2, 0.25) is 0 Å². The van der Waals surface area contributed by atoms with Gasteiger partial charge in [0.2, 0.25) is 5.91 Å². The molecule has 0 radical (unpaired) electrons. The maximum Gasteiger partial charge on any atom is 0.234 e. The fourth-order valence-corrected chi connectivity index (χ4v) is 4.35. The molecule has 0 spiro atoms. The molecule has 2 atom stereocenters. The van der Waals surface area contributed by atoms with Crippen LogP contribution in [0, 0.1) is 0 Å². The molecule has 6 nitrogen and oxygen atoms in total. The Hall–Kier alpha value is -2.73. The topological polar surface area (TPSA) is 60.0 Å². The van der Waals surface area contributed by atoms with E-state index in [4.69, 9.17) is 14.2 Å². The molecule has 1 saturated heterocycles. The number of fused-ring (bicyclic) bond motifs is 1. The highest BCUT2D eigenvalue weighted by molar-refractivity contribution is 5.78. The molecule has 0 saturated carbocycles. The van der Waals surface area contributed by atoms with E-state index in [1.165, 1.54) is 5.56 Å². The molecule has 0 aliphatic carbocycles. The first-order valence-electron chi connectivity index (χ1n) is 10.7. The number of rotatable bonds is 6. The van der Waals surface area contributed by atoms with Crippen LogP contribution in [-0.2, 0) is 4.79 Å². The highest BCUT2D eigenvalue weighted by Crippen LogP contribution is 2.37. The summed E-state index contributed by atoms with van der Waals surface area (Å²) in [6, 6.07) is 14.1. The van der Waals surface area contributed by atoms with E-state index in [1.807, 2.05) is 37.3 Å². The van der Waals surface area contributed by atoms with E-state index in [-0.39, 0.29) is 18.0 Å². The number of nitrogens with one attached hydrogen (secondary N) is 1. The number of amides is 1. The summed E-state index contributed by atoms with van der Waals surface area (Å²) in [5.41, 5.74) is 2.16. The molecule has 1 N–H and O–H groups in total. The number of carbonyl (C=O) groups is 1. The summed E-state index contributed by atoms with van der Waals surface area (Å²) < 4.78 is 17.0. The first-order valence-corrected chi connectivity index (χ1v) is 10.7. The van der Waals surface area contributed by atoms with E-state index in [9.17, 15) is 4.79 Å². The van der Waals surface area contributed by atoms with E-state index >= 15 is 0 Å². The maximum atomic E-state index is 12.8. The predicted molar refractivity (Wildman–Crippen MR) is 115 cm³/mol. The lowest BCUT2D eigenvalue weighted by Gasteiger charge is -2.26. The Morgan fingerprint density at radius 3 is 2.80 bits per heavy atom. The van der Waals surface area contributed by atoms with Crippen LogP contribution >= 0.6 is 0 Å². The Morgan fingerprint density at radius 2 is 1.97 bits per heavy atom. The zero-order valence-corrected chi connectivity index (χ0v) is 17.7. The van der Waals surface area contributed by atoms with Crippen LogP contribution in [0.5, 0.6) is 17.2 Å². The van der Waals surface area contributed by atoms with Crippen molar-refractivity contribution >= 4 is 5.91 Å². The SMILES string of the molecule is COc1ccccc1[C@@H](C)NC(=O)CN1CCC[C@@H]1c1ccc2c(c1)OCCCO2. The summed E-state index contributed by atoms with van der Waals surface area (Å²) in [7, 11) is 1.65. The van der Waals surface area contributed by atoms with Crippen molar-refractivity contribution in [1.29, 1.82) is 0 Å². The third kappa shape index (κ3) is 4.54. The minimum absolute atomic E-state index is 0.0228. The van der Waals surface area contributed by atoms with Crippen molar-refractivity contribution in [1.82, 2.24) is 10.2 Å². The first kappa shape index (κ1) is 20.5. The summed E-state index contributed by atoms with van der Waals surface area (Å²) in [6.07, 6.45) is 3.01. The van der Waals surface area contributed by atoms with E-state index < -0.39 is 0 Å².